The van der Waals surface area contributed by atoms with Crippen LogP contribution in [0.2, 0.25) is 0 Å². The van der Waals surface area contributed by atoms with Crippen LogP contribution in [0.1, 0.15) is 42.1 Å². The van der Waals surface area contributed by atoms with E-state index in [1.807, 2.05) is 54.6 Å². The minimum atomic E-state index is -0.144. The number of fused-ring (bicyclic) bond motifs is 1. The Bertz CT molecular complexity index is 1170. The Balaban J connectivity index is 1.59. The summed E-state index contributed by atoms with van der Waals surface area (Å²) in [6.45, 7) is 4.39. The number of rotatable bonds is 5. The lowest BCUT2D eigenvalue weighted by atomic mass is 9.98. The van der Waals surface area contributed by atoms with Crippen molar-refractivity contribution in [2.75, 3.05) is 5.32 Å². The molecule has 0 aliphatic heterocycles. The van der Waals surface area contributed by atoms with E-state index in [1.165, 1.54) is 5.56 Å². The number of oxazole rings is 1. The highest BCUT2D eigenvalue weighted by atomic mass is 127. The lowest BCUT2D eigenvalue weighted by Gasteiger charge is -2.07. The molecule has 1 N–H and O–H groups in total. The van der Waals surface area contributed by atoms with Gasteiger partial charge in [0.15, 0.2) is 5.58 Å². The largest absolute Gasteiger partial charge is 0.436 e. The fraction of sp³-hybridized carbons (Fsp3) is 0.167. The SMILES string of the molecule is CCC(C)c1ccc2oc(-c3cccc(NC(=O)c4ccc(I)cc4)c3)nc2c1. The molecule has 5 heteroatoms. The van der Waals surface area contributed by atoms with Gasteiger partial charge in [0.05, 0.1) is 0 Å². The highest BCUT2D eigenvalue weighted by Gasteiger charge is 2.12. The molecule has 0 aliphatic carbocycles. The van der Waals surface area contributed by atoms with Gasteiger partial charge in [0.1, 0.15) is 5.52 Å². The van der Waals surface area contributed by atoms with Crippen LogP contribution in [0.25, 0.3) is 22.6 Å². The van der Waals surface area contributed by atoms with Crippen molar-refractivity contribution >= 4 is 45.3 Å². The predicted octanol–water partition coefficient (Wildman–Crippen LogP) is 6.87. The van der Waals surface area contributed by atoms with Gasteiger partial charge in [-0.1, -0.05) is 26.0 Å². The zero-order valence-corrected chi connectivity index (χ0v) is 18.4. The molecule has 0 aliphatic rings. The first kappa shape index (κ1) is 19.6. The van der Waals surface area contributed by atoms with E-state index in [0.29, 0.717) is 23.1 Å². The molecule has 0 saturated heterocycles. The van der Waals surface area contributed by atoms with Gasteiger partial charge < -0.3 is 9.73 Å². The smallest absolute Gasteiger partial charge is 0.255 e. The van der Waals surface area contributed by atoms with E-state index in [9.17, 15) is 4.79 Å². The number of nitrogens with one attached hydrogen (secondary N) is 1. The molecule has 29 heavy (non-hydrogen) atoms. The van der Waals surface area contributed by atoms with Crippen molar-refractivity contribution in [2.45, 2.75) is 26.2 Å². The number of amides is 1. The normalized spacial score (nSPS) is 12.1. The zero-order valence-electron chi connectivity index (χ0n) is 16.3. The van der Waals surface area contributed by atoms with Crippen LogP contribution in [0, 0.1) is 3.57 Å². The minimum absolute atomic E-state index is 0.144. The molecular weight excluding hydrogens is 475 g/mol. The summed E-state index contributed by atoms with van der Waals surface area (Å²) in [5, 5.41) is 2.94. The first-order valence-corrected chi connectivity index (χ1v) is 10.7. The Hall–Kier alpha value is -2.67. The summed E-state index contributed by atoms with van der Waals surface area (Å²) in [5.74, 6) is 0.889. The highest BCUT2D eigenvalue weighted by Crippen LogP contribution is 2.29. The second kappa shape index (κ2) is 8.37. The third-order valence-electron chi connectivity index (χ3n) is 5.07. The Kier molecular flexibility index (Phi) is 5.67. The highest BCUT2D eigenvalue weighted by molar-refractivity contribution is 14.1. The van der Waals surface area contributed by atoms with Crippen molar-refractivity contribution < 1.29 is 9.21 Å². The van der Waals surface area contributed by atoms with Gasteiger partial charge in [-0.25, -0.2) is 4.98 Å². The quantitative estimate of drug-likeness (QED) is 0.307. The molecule has 1 amide bonds. The van der Waals surface area contributed by atoms with E-state index in [4.69, 9.17) is 4.42 Å². The number of aromatic nitrogens is 1. The lowest BCUT2D eigenvalue weighted by molar-refractivity contribution is 0.102. The molecule has 3 aromatic carbocycles. The van der Waals surface area contributed by atoms with Gasteiger partial charge in [0.25, 0.3) is 5.91 Å². The van der Waals surface area contributed by atoms with Gasteiger partial charge in [-0.05, 0) is 95.1 Å². The minimum Gasteiger partial charge on any atom is -0.436 e. The third-order valence-corrected chi connectivity index (χ3v) is 5.79. The first-order valence-electron chi connectivity index (χ1n) is 9.61. The Labute approximate surface area is 183 Å². The van der Waals surface area contributed by atoms with Crippen LogP contribution in [0.15, 0.2) is 71.1 Å². The molecular formula is C24H21IN2O2. The fourth-order valence-corrected chi connectivity index (χ4v) is 3.50. The molecule has 1 aromatic heterocycles. The van der Waals surface area contributed by atoms with E-state index in [0.717, 1.165) is 26.7 Å². The first-order chi connectivity index (χ1) is 14.0. The van der Waals surface area contributed by atoms with Crippen LogP contribution in [0.4, 0.5) is 5.69 Å². The molecule has 4 nitrogen and oxygen atoms in total. The zero-order chi connectivity index (χ0) is 20.4. The number of benzene rings is 3. The third kappa shape index (κ3) is 4.34. The van der Waals surface area contributed by atoms with Gasteiger partial charge in [-0.2, -0.15) is 0 Å². The van der Waals surface area contributed by atoms with Crippen molar-refractivity contribution in [1.29, 1.82) is 0 Å². The maximum atomic E-state index is 12.5. The molecule has 0 saturated carbocycles. The van der Waals surface area contributed by atoms with Crippen molar-refractivity contribution in [3.63, 3.8) is 0 Å². The van der Waals surface area contributed by atoms with Crippen LogP contribution in [0.5, 0.6) is 0 Å². The summed E-state index contributed by atoms with van der Waals surface area (Å²) in [6, 6.07) is 21.2. The number of halogens is 1. The average molecular weight is 496 g/mol. The molecule has 146 valence electrons. The van der Waals surface area contributed by atoms with Gasteiger partial charge in [0.2, 0.25) is 5.89 Å². The van der Waals surface area contributed by atoms with Gasteiger partial charge in [-0.15, -0.1) is 0 Å². The van der Waals surface area contributed by atoms with Crippen molar-refractivity contribution in [1.82, 2.24) is 4.98 Å². The predicted molar refractivity (Wildman–Crippen MR) is 125 cm³/mol. The second-order valence-electron chi connectivity index (χ2n) is 7.10. The van der Waals surface area contributed by atoms with Crippen LogP contribution in [0.3, 0.4) is 0 Å². The Morgan fingerprint density at radius 1 is 1.10 bits per heavy atom. The second-order valence-corrected chi connectivity index (χ2v) is 8.34. The van der Waals surface area contributed by atoms with Crippen molar-refractivity contribution in [3.05, 3.63) is 81.4 Å². The van der Waals surface area contributed by atoms with Gasteiger partial charge >= 0.3 is 0 Å². The average Bonchev–Trinajstić information content (AvgIpc) is 3.17. The summed E-state index contributed by atoms with van der Waals surface area (Å²) in [6.07, 6.45) is 1.08. The summed E-state index contributed by atoms with van der Waals surface area (Å²) in [5.41, 5.74) is 5.03. The summed E-state index contributed by atoms with van der Waals surface area (Å²) in [4.78, 5) is 17.2. The molecule has 4 rings (SSSR count). The summed E-state index contributed by atoms with van der Waals surface area (Å²) >= 11 is 2.22. The molecule has 0 spiro atoms. The molecule has 1 heterocycles. The van der Waals surface area contributed by atoms with E-state index in [2.05, 4.69) is 58.9 Å². The maximum absolute atomic E-state index is 12.5. The molecule has 1 atom stereocenters. The molecule has 0 bridgehead atoms. The molecule has 1 unspecified atom stereocenters. The number of hydrogen-bond acceptors (Lipinski definition) is 3. The summed E-state index contributed by atoms with van der Waals surface area (Å²) in [7, 11) is 0. The molecule has 4 aromatic rings. The van der Waals surface area contributed by atoms with Crippen molar-refractivity contribution in [2.24, 2.45) is 0 Å². The van der Waals surface area contributed by atoms with Crippen LogP contribution in [-0.4, -0.2) is 10.9 Å². The van der Waals surface area contributed by atoms with Crippen molar-refractivity contribution in [3.8, 4) is 11.5 Å². The number of carbonyl (C=O) groups excluding carboxylic acids is 1. The topological polar surface area (TPSA) is 55.1 Å². The summed E-state index contributed by atoms with van der Waals surface area (Å²) < 4.78 is 7.05. The lowest BCUT2D eigenvalue weighted by Crippen LogP contribution is -2.11. The monoisotopic (exact) mass is 496 g/mol. The van der Waals surface area contributed by atoms with Gasteiger partial charge in [-0.3, -0.25) is 4.79 Å². The van der Waals surface area contributed by atoms with E-state index < -0.39 is 0 Å². The van der Waals surface area contributed by atoms with E-state index in [-0.39, 0.29) is 5.91 Å². The standard InChI is InChI=1S/C24H21IN2O2/c1-3-15(2)17-9-12-22-21(14-17)27-24(29-22)18-5-4-6-20(13-18)26-23(28)16-7-10-19(25)11-8-16/h4-15H,3H2,1-2H3,(H,26,28). The number of hydrogen-bond donors (Lipinski definition) is 1. The van der Waals surface area contributed by atoms with Crippen LogP contribution < -0.4 is 5.32 Å². The maximum Gasteiger partial charge on any atom is 0.255 e. The molecule has 0 radical (unpaired) electrons. The Morgan fingerprint density at radius 3 is 2.66 bits per heavy atom. The van der Waals surface area contributed by atoms with Crippen LogP contribution in [-0.2, 0) is 0 Å². The fourth-order valence-electron chi connectivity index (χ4n) is 3.14. The number of anilines is 1. The number of nitrogens with zero attached hydrogens (tertiary/aromatic N) is 1. The Morgan fingerprint density at radius 2 is 1.90 bits per heavy atom. The van der Waals surface area contributed by atoms with Gasteiger partial charge in [0, 0.05) is 20.4 Å². The van der Waals surface area contributed by atoms with E-state index >= 15 is 0 Å². The molecule has 0 fully saturated rings. The number of carbonyl (C=O) groups is 1. The van der Waals surface area contributed by atoms with Crippen LogP contribution >= 0.6 is 22.6 Å². The van der Waals surface area contributed by atoms with E-state index in [1.54, 1.807) is 0 Å².